The molecular weight excluding hydrogens is 475 g/mol. The number of hydrogen-bond donors (Lipinski definition) is 2. The summed E-state index contributed by atoms with van der Waals surface area (Å²) >= 11 is 0. The summed E-state index contributed by atoms with van der Waals surface area (Å²) in [6.45, 7) is 2.28. The normalized spacial score (nSPS) is 16.2. The maximum atomic E-state index is 13.8. The zero-order valence-corrected chi connectivity index (χ0v) is 18.2. The van der Waals surface area contributed by atoms with Crippen LogP contribution in [0.5, 0.6) is 0 Å². The highest BCUT2D eigenvalue weighted by molar-refractivity contribution is 14.0. The summed E-state index contributed by atoms with van der Waals surface area (Å²) in [6, 6.07) is 13.8. The summed E-state index contributed by atoms with van der Waals surface area (Å²) in [7, 11) is 1.66. The molecule has 1 fully saturated rings. The van der Waals surface area contributed by atoms with E-state index in [1.54, 1.807) is 7.05 Å². The molecule has 0 atom stereocenters. The van der Waals surface area contributed by atoms with Gasteiger partial charge in [-0.15, -0.1) is 24.0 Å². The predicted molar refractivity (Wildman–Crippen MR) is 118 cm³/mol. The van der Waals surface area contributed by atoms with E-state index < -0.39 is 11.6 Å². The van der Waals surface area contributed by atoms with Crippen molar-refractivity contribution in [2.24, 2.45) is 4.99 Å². The molecule has 1 aliphatic rings. The molecule has 2 aromatic carbocycles. The van der Waals surface area contributed by atoms with E-state index in [2.05, 4.69) is 27.8 Å². The Kier molecular flexibility index (Phi) is 8.62. The van der Waals surface area contributed by atoms with Crippen LogP contribution in [0.25, 0.3) is 0 Å². The molecule has 2 N–H and O–H groups in total. The number of nitrogens with zero attached hydrogens (tertiary/aromatic N) is 1. The summed E-state index contributed by atoms with van der Waals surface area (Å²) in [5.74, 6) is -0.341. The Morgan fingerprint density at radius 3 is 2.46 bits per heavy atom. The summed E-state index contributed by atoms with van der Waals surface area (Å²) in [4.78, 5) is 4.21. The van der Waals surface area contributed by atoms with E-state index in [9.17, 15) is 8.78 Å². The Morgan fingerprint density at radius 2 is 1.79 bits per heavy atom. The average Bonchev–Trinajstić information content (AvgIpc) is 2.72. The highest BCUT2D eigenvalue weighted by Gasteiger charge is 2.34. The number of halogens is 3. The lowest BCUT2D eigenvalue weighted by Gasteiger charge is -2.38. The second-order valence-electron chi connectivity index (χ2n) is 6.77. The first-order chi connectivity index (χ1) is 13.1. The van der Waals surface area contributed by atoms with Gasteiger partial charge >= 0.3 is 0 Å². The van der Waals surface area contributed by atoms with Crippen molar-refractivity contribution in [3.63, 3.8) is 0 Å². The monoisotopic (exact) mass is 501 g/mol. The smallest absolute Gasteiger partial charge is 0.191 e. The van der Waals surface area contributed by atoms with E-state index in [-0.39, 0.29) is 41.5 Å². The molecule has 0 amide bonds. The third kappa shape index (κ3) is 5.64. The number of benzene rings is 2. The van der Waals surface area contributed by atoms with Gasteiger partial charge in [0.2, 0.25) is 0 Å². The number of ether oxygens (including phenoxy) is 1. The molecule has 0 aromatic heterocycles. The minimum absolute atomic E-state index is 0. The molecule has 28 heavy (non-hydrogen) atoms. The third-order valence-electron chi connectivity index (χ3n) is 5.11. The molecular formula is C21H26F2IN3O. The van der Waals surface area contributed by atoms with Crippen LogP contribution in [0.2, 0.25) is 0 Å². The zero-order valence-electron chi connectivity index (χ0n) is 15.9. The molecule has 0 spiro atoms. The van der Waals surface area contributed by atoms with Crippen LogP contribution in [0.4, 0.5) is 8.78 Å². The van der Waals surface area contributed by atoms with Gasteiger partial charge in [-0.2, -0.15) is 0 Å². The Bertz CT molecular complexity index is 780. The van der Waals surface area contributed by atoms with Crippen LogP contribution in [-0.2, 0) is 16.7 Å². The number of rotatable bonds is 5. The molecule has 0 aliphatic carbocycles. The Morgan fingerprint density at radius 1 is 1.07 bits per heavy atom. The van der Waals surface area contributed by atoms with Gasteiger partial charge in [0, 0.05) is 44.3 Å². The van der Waals surface area contributed by atoms with Gasteiger partial charge in [-0.1, -0.05) is 30.3 Å². The van der Waals surface area contributed by atoms with Crippen molar-refractivity contribution in [2.45, 2.75) is 24.8 Å². The van der Waals surface area contributed by atoms with Crippen LogP contribution in [0.3, 0.4) is 0 Å². The molecule has 4 nitrogen and oxygen atoms in total. The molecule has 0 bridgehead atoms. The van der Waals surface area contributed by atoms with Crippen molar-refractivity contribution in [1.82, 2.24) is 10.6 Å². The summed E-state index contributed by atoms with van der Waals surface area (Å²) in [5, 5.41) is 6.41. The van der Waals surface area contributed by atoms with Crippen molar-refractivity contribution in [2.75, 3.05) is 26.8 Å². The standard InChI is InChI=1S/C21H25F2N3O.HI/c1-24-20(25-14-16-13-18(22)7-8-19(16)23)26-15-21(9-11-27-12-10-21)17-5-3-2-4-6-17;/h2-8,13H,9-12,14-15H2,1H3,(H2,24,25,26);1H. The van der Waals surface area contributed by atoms with Gasteiger partial charge in [0.05, 0.1) is 0 Å². The van der Waals surface area contributed by atoms with Crippen LogP contribution in [0, 0.1) is 11.6 Å². The fourth-order valence-corrected chi connectivity index (χ4v) is 3.45. The SMILES string of the molecule is CN=C(NCc1cc(F)ccc1F)NCC1(c2ccccc2)CCOCC1.I. The zero-order chi connectivity index (χ0) is 19.1. The molecule has 7 heteroatoms. The maximum Gasteiger partial charge on any atom is 0.191 e. The first kappa shape index (κ1) is 22.5. The third-order valence-corrected chi connectivity index (χ3v) is 5.11. The fourth-order valence-electron chi connectivity index (χ4n) is 3.45. The van der Waals surface area contributed by atoms with Crippen molar-refractivity contribution < 1.29 is 13.5 Å². The van der Waals surface area contributed by atoms with Crippen molar-refractivity contribution in [3.05, 3.63) is 71.3 Å². The largest absolute Gasteiger partial charge is 0.381 e. The van der Waals surface area contributed by atoms with Gasteiger partial charge in [0.25, 0.3) is 0 Å². The minimum Gasteiger partial charge on any atom is -0.381 e. The van der Waals surface area contributed by atoms with E-state index in [0.29, 0.717) is 12.5 Å². The molecule has 0 unspecified atom stereocenters. The van der Waals surface area contributed by atoms with E-state index in [1.165, 1.54) is 11.6 Å². The highest BCUT2D eigenvalue weighted by Crippen LogP contribution is 2.34. The lowest BCUT2D eigenvalue weighted by Crippen LogP contribution is -2.48. The van der Waals surface area contributed by atoms with E-state index in [1.807, 2.05) is 18.2 Å². The van der Waals surface area contributed by atoms with Crippen LogP contribution in [0.15, 0.2) is 53.5 Å². The number of hydrogen-bond acceptors (Lipinski definition) is 2. The average molecular weight is 501 g/mol. The van der Waals surface area contributed by atoms with E-state index in [0.717, 1.165) is 38.2 Å². The van der Waals surface area contributed by atoms with Crippen LogP contribution < -0.4 is 10.6 Å². The second-order valence-corrected chi connectivity index (χ2v) is 6.77. The lowest BCUT2D eigenvalue weighted by molar-refractivity contribution is 0.0514. The van der Waals surface area contributed by atoms with E-state index in [4.69, 9.17) is 4.74 Å². The van der Waals surface area contributed by atoms with Crippen molar-refractivity contribution in [1.29, 1.82) is 0 Å². The first-order valence-electron chi connectivity index (χ1n) is 9.15. The molecule has 0 saturated carbocycles. The molecule has 152 valence electrons. The van der Waals surface area contributed by atoms with Gasteiger partial charge in [0.1, 0.15) is 11.6 Å². The van der Waals surface area contributed by atoms with E-state index >= 15 is 0 Å². The lowest BCUT2D eigenvalue weighted by atomic mass is 9.74. The molecule has 1 saturated heterocycles. The topological polar surface area (TPSA) is 45.7 Å². The summed E-state index contributed by atoms with van der Waals surface area (Å²) in [6.07, 6.45) is 1.83. The highest BCUT2D eigenvalue weighted by atomic mass is 127. The predicted octanol–water partition coefficient (Wildman–Crippen LogP) is 4.00. The number of nitrogens with one attached hydrogen (secondary N) is 2. The molecule has 2 aromatic rings. The second kappa shape index (κ2) is 10.7. The van der Waals surface area contributed by atoms with Gasteiger partial charge < -0.3 is 15.4 Å². The Balaban J connectivity index is 0.00000280. The Labute approximate surface area is 181 Å². The minimum atomic E-state index is -0.457. The van der Waals surface area contributed by atoms with Crippen LogP contribution >= 0.6 is 24.0 Å². The fraction of sp³-hybridized carbons (Fsp3) is 0.381. The number of guanidine groups is 1. The molecule has 0 radical (unpaired) electrons. The quantitative estimate of drug-likeness (QED) is 0.370. The van der Waals surface area contributed by atoms with Crippen LogP contribution in [-0.4, -0.2) is 32.8 Å². The summed E-state index contributed by atoms with van der Waals surface area (Å²) in [5.41, 5.74) is 1.50. The van der Waals surface area contributed by atoms with Gasteiger partial charge in [-0.3, -0.25) is 4.99 Å². The Hall–Kier alpha value is -1.74. The van der Waals surface area contributed by atoms with Crippen molar-refractivity contribution >= 4 is 29.9 Å². The van der Waals surface area contributed by atoms with Gasteiger partial charge in [-0.05, 0) is 36.6 Å². The first-order valence-corrected chi connectivity index (χ1v) is 9.15. The number of aliphatic imine (C=N–C) groups is 1. The maximum absolute atomic E-state index is 13.8. The molecule has 3 rings (SSSR count). The molecule has 1 aliphatic heterocycles. The molecule has 1 heterocycles. The van der Waals surface area contributed by atoms with Gasteiger partial charge in [0.15, 0.2) is 5.96 Å². The van der Waals surface area contributed by atoms with Gasteiger partial charge in [-0.25, -0.2) is 8.78 Å². The van der Waals surface area contributed by atoms with Crippen molar-refractivity contribution in [3.8, 4) is 0 Å². The summed E-state index contributed by atoms with van der Waals surface area (Å²) < 4.78 is 32.7. The van der Waals surface area contributed by atoms with Crippen LogP contribution in [0.1, 0.15) is 24.0 Å².